The molecule has 1 aliphatic rings. The SMILES string of the molecule is F[C@@H](CBr)CC1CCC1. The molecule has 1 saturated carbocycles. The molecule has 0 amide bonds. The minimum Gasteiger partial charge on any atom is -0.247 e. The molecule has 0 aliphatic heterocycles. The molecule has 0 saturated heterocycles. The Morgan fingerprint density at radius 2 is 2.22 bits per heavy atom. The van der Waals surface area contributed by atoms with Crippen LogP contribution in [0.25, 0.3) is 0 Å². The lowest BCUT2D eigenvalue weighted by Gasteiger charge is -2.25. The van der Waals surface area contributed by atoms with Crippen molar-refractivity contribution in [3.05, 3.63) is 0 Å². The average molecular weight is 195 g/mol. The Morgan fingerprint density at radius 3 is 2.56 bits per heavy atom. The van der Waals surface area contributed by atoms with Gasteiger partial charge in [-0.3, -0.25) is 0 Å². The summed E-state index contributed by atoms with van der Waals surface area (Å²) in [5, 5.41) is 0.517. The van der Waals surface area contributed by atoms with E-state index in [1.807, 2.05) is 0 Å². The predicted octanol–water partition coefficient (Wildman–Crippen LogP) is 2.91. The topological polar surface area (TPSA) is 0 Å². The fraction of sp³-hybridized carbons (Fsp3) is 1.00. The molecule has 0 unspecified atom stereocenters. The third-order valence-electron chi connectivity index (χ3n) is 1.98. The number of halogens is 2. The molecule has 0 heterocycles. The number of hydrogen-bond donors (Lipinski definition) is 0. The number of hydrogen-bond acceptors (Lipinski definition) is 0. The third kappa shape index (κ3) is 2.24. The summed E-state index contributed by atoms with van der Waals surface area (Å²) < 4.78 is 12.6. The van der Waals surface area contributed by atoms with Crippen LogP contribution in [0.15, 0.2) is 0 Å². The van der Waals surface area contributed by atoms with Crippen LogP contribution in [0.5, 0.6) is 0 Å². The van der Waals surface area contributed by atoms with Gasteiger partial charge in [0.25, 0.3) is 0 Å². The van der Waals surface area contributed by atoms with Crippen LogP contribution in [0.3, 0.4) is 0 Å². The Kier molecular flexibility index (Phi) is 2.96. The monoisotopic (exact) mass is 194 g/mol. The van der Waals surface area contributed by atoms with E-state index >= 15 is 0 Å². The molecule has 1 fully saturated rings. The smallest absolute Gasteiger partial charge is 0.110 e. The number of rotatable bonds is 3. The second kappa shape index (κ2) is 3.55. The van der Waals surface area contributed by atoms with Gasteiger partial charge < -0.3 is 0 Å². The maximum Gasteiger partial charge on any atom is 0.110 e. The predicted molar refractivity (Wildman–Crippen MR) is 40.6 cm³/mol. The molecular formula is C7H12BrF. The second-order valence-electron chi connectivity index (χ2n) is 2.78. The standard InChI is InChI=1S/C7H12BrF/c8-5-7(9)4-6-2-1-3-6/h6-7H,1-5H2/t7-/m1/s1. The molecule has 54 valence electrons. The van der Waals surface area contributed by atoms with Crippen LogP contribution in [0.4, 0.5) is 4.39 Å². The molecule has 1 atom stereocenters. The van der Waals surface area contributed by atoms with Gasteiger partial charge in [0, 0.05) is 5.33 Å². The van der Waals surface area contributed by atoms with E-state index in [-0.39, 0.29) is 0 Å². The quantitative estimate of drug-likeness (QED) is 0.607. The van der Waals surface area contributed by atoms with Gasteiger partial charge in [-0.15, -0.1) is 0 Å². The summed E-state index contributed by atoms with van der Waals surface area (Å²) in [5.41, 5.74) is 0. The van der Waals surface area contributed by atoms with Gasteiger partial charge in [-0.05, 0) is 12.3 Å². The molecule has 1 rings (SSSR count). The van der Waals surface area contributed by atoms with Crippen LogP contribution in [0.2, 0.25) is 0 Å². The van der Waals surface area contributed by atoms with Crippen molar-refractivity contribution in [2.24, 2.45) is 5.92 Å². The van der Waals surface area contributed by atoms with Gasteiger partial charge in [0.05, 0.1) is 0 Å². The first-order valence-corrected chi connectivity index (χ1v) is 4.65. The zero-order chi connectivity index (χ0) is 6.69. The van der Waals surface area contributed by atoms with Crippen molar-refractivity contribution < 1.29 is 4.39 Å². The maximum atomic E-state index is 12.6. The van der Waals surface area contributed by atoms with E-state index in [1.165, 1.54) is 19.3 Å². The zero-order valence-electron chi connectivity index (χ0n) is 5.45. The van der Waals surface area contributed by atoms with E-state index < -0.39 is 6.17 Å². The van der Waals surface area contributed by atoms with Crippen LogP contribution in [-0.4, -0.2) is 11.5 Å². The van der Waals surface area contributed by atoms with Gasteiger partial charge in [-0.2, -0.15) is 0 Å². The van der Waals surface area contributed by atoms with Gasteiger partial charge in [0.15, 0.2) is 0 Å². The first-order valence-electron chi connectivity index (χ1n) is 3.53. The summed E-state index contributed by atoms with van der Waals surface area (Å²) in [7, 11) is 0. The van der Waals surface area contributed by atoms with Crippen molar-refractivity contribution in [3.63, 3.8) is 0 Å². The van der Waals surface area contributed by atoms with Crippen molar-refractivity contribution in [2.45, 2.75) is 31.9 Å². The normalized spacial score (nSPS) is 23.3. The van der Waals surface area contributed by atoms with Gasteiger partial charge in [0.2, 0.25) is 0 Å². The van der Waals surface area contributed by atoms with E-state index in [2.05, 4.69) is 15.9 Å². The largest absolute Gasteiger partial charge is 0.247 e. The van der Waals surface area contributed by atoms with Crippen LogP contribution < -0.4 is 0 Å². The lowest BCUT2D eigenvalue weighted by molar-refractivity contribution is 0.220. The molecule has 0 aromatic carbocycles. The molecule has 9 heavy (non-hydrogen) atoms. The Labute approximate surface area is 64.0 Å². The average Bonchev–Trinajstić information content (AvgIpc) is 1.78. The molecule has 0 radical (unpaired) electrons. The van der Waals surface area contributed by atoms with E-state index in [4.69, 9.17) is 0 Å². The fourth-order valence-electron chi connectivity index (χ4n) is 1.15. The Balaban J connectivity index is 2.01. The van der Waals surface area contributed by atoms with Crippen LogP contribution in [-0.2, 0) is 0 Å². The summed E-state index contributed by atoms with van der Waals surface area (Å²) in [6, 6.07) is 0. The highest BCUT2D eigenvalue weighted by atomic mass is 79.9. The van der Waals surface area contributed by atoms with Crippen molar-refractivity contribution >= 4 is 15.9 Å². The van der Waals surface area contributed by atoms with Crippen LogP contribution in [0.1, 0.15) is 25.7 Å². The van der Waals surface area contributed by atoms with Gasteiger partial charge in [-0.1, -0.05) is 35.2 Å². The van der Waals surface area contributed by atoms with Gasteiger partial charge in [-0.25, -0.2) is 4.39 Å². The van der Waals surface area contributed by atoms with E-state index in [1.54, 1.807) is 0 Å². The highest BCUT2D eigenvalue weighted by Gasteiger charge is 2.20. The zero-order valence-corrected chi connectivity index (χ0v) is 7.03. The van der Waals surface area contributed by atoms with E-state index in [0.717, 1.165) is 6.42 Å². The molecule has 2 heteroatoms. The molecule has 0 aromatic rings. The van der Waals surface area contributed by atoms with Crippen LogP contribution >= 0.6 is 15.9 Å². The Hall–Kier alpha value is 0.410. The molecular weight excluding hydrogens is 183 g/mol. The van der Waals surface area contributed by atoms with Crippen molar-refractivity contribution in [2.75, 3.05) is 5.33 Å². The van der Waals surface area contributed by atoms with E-state index in [9.17, 15) is 4.39 Å². The Bertz CT molecular complexity index is 78.2. The van der Waals surface area contributed by atoms with Crippen molar-refractivity contribution in [1.29, 1.82) is 0 Å². The lowest BCUT2D eigenvalue weighted by atomic mass is 9.82. The highest BCUT2D eigenvalue weighted by Crippen LogP contribution is 2.31. The Morgan fingerprint density at radius 1 is 1.56 bits per heavy atom. The van der Waals surface area contributed by atoms with Gasteiger partial charge in [0.1, 0.15) is 6.17 Å². The number of alkyl halides is 2. The third-order valence-corrected chi connectivity index (χ3v) is 2.68. The summed E-state index contributed by atoms with van der Waals surface area (Å²) >= 11 is 3.12. The molecule has 0 aromatic heterocycles. The minimum absolute atomic E-state index is 0.517. The second-order valence-corrected chi connectivity index (χ2v) is 3.43. The minimum atomic E-state index is -0.602. The first kappa shape index (κ1) is 7.52. The summed E-state index contributed by atoms with van der Waals surface area (Å²) in [6.07, 6.45) is 4.02. The maximum absolute atomic E-state index is 12.6. The molecule has 0 spiro atoms. The molecule has 0 nitrogen and oxygen atoms in total. The van der Waals surface area contributed by atoms with Crippen molar-refractivity contribution in [3.8, 4) is 0 Å². The fourth-order valence-corrected chi connectivity index (χ4v) is 1.42. The molecule has 0 N–H and O–H groups in total. The lowest BCUT2D eigenvalue weighted by Crippen LogP contribution is -2.17. The summed E-state index contributed by atoms with van der Waals surface area (Å²) in [6.45, 7) is 0. The van der Waals surface area contributed by atoms with Gasteiger partial charge >= 0.3 is 0 Å². The van der Waals surface area contributed by atoms with Crippen molar-refractivity contribution in [1.82, 2.24) is 0 Å². The van der Waals surface area contributed by atoms with E-state index in [0.29, 0.717) is 11.2 Å². The first-order chi connectivity index (χ1) is 4.33. The molecule has 1 aliphatic carbocycles. The molecule has 0 bridgehead atoms. The highest BCUT2D eigenvalue weighted by molar-refractivity contribution is 9.09. The van der Waals surface area contributed by atoms with Crippen LogP contribution in [0, 0.1) is 5.92 Å². The summed E-state index contributed by atoms with van der Waals surface area (Å²) in [5.74, 6) is 0.706. The summed E-state index contributed by atoms with van der Waals surface area (Å²) in [4.78, 5) is 0.